The van der Waals surface area contributed by atoms with Gasteiger partial charge in [-0.15, -0.1) is 0 Å². The Morgan fingerprint density at radius 3 is 2.69 bits per heavy atom. The van der Waals surface area contributed by atoms with E-state index in [0.29, 0.717) is 18.4 Å². The number of primary amides is 1. The highest BCUT2D eigenvalue weighted by atomic mass is 16.5. The molecule has 2 bridgehead atoms. The normalized spacial score (nSPS) is 36.1. The summed E-state index contributed by atoms with van der Waals surface area (Å²) < 4.78 is 5.06. The number of hydrogen-bond acceptors (Lipinski definition) is 3. The minimum atomic E-state index is -0.549. The van der Waals surface area contributed by atoms with E-state index in [4.69, 9.17) is 10.5 Å². The van der Waals surface area contributed by atoms with Crippen molar-refractivity contribution < 1.29 is 14.3 Å². The molecule has 0 heterocycles. The van der Waals surface area contributed by atoms with Gasteiger partial charge in [0.05, 0.1) is 12.5 Å². The Balaban J connectivity index is 2.08. The highest BCUT2D eigenvalue weighted by Gasteiger charge is 2.51. The molecule has 0 aromatic rings. The molecule has 2 aliphatic carbocycles. The zero-order valence-corrected chi connectivity index (χ0v) is 9.44. The van der Waals surface area contributed by atoms with E-state index in [2.05, 4.69) is 5.32 Å². The minimum Gasteiger partial charge on any atom is -0.466 e. The van der Waals surface area contributed by atoms with Crippen molar-refractivity contribution in [3.63, 3.8) is 0 Å². The van der Waals surface area contributed by atoms with E-state index >= 15 is 0 Å². The molecule has 0 spiro atoms. The van der Waals surface area contributed by atoms with Gasteiger partial charge in [0, 0.05) is 6.04 Å². The fraction of sp³-hybridized carbons (Fsp3) is 0.818. The molecular formula is C11H18N2O3. The van der Waals surface area contributed by atoms with E-state index in [1.54, 1.807) is 6.92 Å². The molecule has 0 unspecified atom stereocenters. The number of nitrogens with one attached hydrogen (secondary N) is 1. The lowest BCUT2D eigenvalue weighted by Crippen LogP contribution is -2.49. The summed E-state index contributed by atoms with van der Waals surface area (Å²) in [6, 6.07) is -0.665. The molecule has 2 amide bonds. The van der Waals surface area contributed by atoms with E-state index in [9.17, 15) is 9.59 Å². The van der Waals surface area contributed by atoms with Crippen molar-refractivity contribution in [1.82, 2.24) is 5.32 Å². The summed E-state index contributed by atoms with van der Waals surface area (Å²) in [6.45, 7) is 2.18. The number of rotatable bonds is 3. The molecule has 0 aliphatic heterocycles. The number of urea groups is 1. The van der Waals surface area contributed by atoms with Crippen molar-refractivity contribution in [2.45, 2.75) is 32.2 Å². The summed E-state index contributed by atoms with van der Waals surface area (Å²) in [5.41, 5.74) is 5.14. The van der Waals surface area contributed by atoms with Crippen LogP contribution >= 0.6 is 0 Å². The maximum atomic E-state index is 11.8. The molecule has 4 atom stereocenters. The summed E-state index contributed by atoms with van der Waals surface area (Å²) in [7, 11) is 0. The van der Waals surface area contributed by atoms with Crippen molar-refractivity contribution in [1.29, 1.82) is 0 Å². The van der Waals surface area contributed by atoms with Crippen LogP contribution in [0.5, 0.6) is 0 Å². The molecule has 5 nitrogen and oxygen atoms in total. The second-order valence-electron chi connectivity index (χ2n) is 4.65. The standard InChI is InChI=1S/C11H18N2O3/c1-2-16-10(14)8-6-3-4-7(5-6)9(8)13-11(12)15/h6-9H,2-5H2,1H3,(H3,12,13,15)/t6-,7+,8+,9-/m0/s1. The predicted octanol–water partition coefficient (Wildman–Crippen LogP) is 0.633. The second kappa shape index (κ2) is 4.31. The van der Waals surface area contributed by atoms with Crippen LogP contribution in [-0.2, 0) is 9.53 Å². The SMILES string of the molecule is CCOC(=O)[C@@H]1[C@H]2CC[C@H](C2)[C@@H]1NC(N)=O. The monoisotopic (exact) mass is 226 g/mol. The lowest BCUT2D eigenvalue weighted by atomic mass is 9.84. The zero-order valence-electron chi connectivity index (χ0n) is 9.44. The second-order valence-corrected chi connectivity index (χ2v) is 4.65. The first kappa shape index (κ1) is 11.2. The van der Waals surface area contributed by atoms with Crippen molar-refractivity contribution in [2.24, 2.45) is 23.5 Å². The van der Waals surface area contributed by atoms with Crippen LogP contribution in [0.15, 0.2) is 0 Å². The third kappa shape index (κ3) is 1.86. The third-order valence-corrected chi connectivity index (χ3v) is 3.78. The van der Waals surface area contributed by atoms with Crippen LogP contribution in [0.2, 0.25) is 0 Å². The number of fused-ring (bicyclic) bond motifs is 2. The Bertz CT molecular complexity index is 306. The molecule has 0 aromatic heterocycles. The number of carbonyl (C=O) groups is 2. The molecule has 3 N–H and O–H groups in total. The number of amides is 2. The molecule has 0 radical (unpaired) electrons. The summed E-state index contributed by atoms with van der Waals surface area (Å²) in [5.74, 6) is 0.382. The van der Waals surface area contributed by atoms with Crippen LogP contribution in [-0.4, -0.2) is 24.6 Å². The molecular weight excluding hydrogens is 208 g/mol. The number of nitrogens with two attached hydrogens (primary N) is 1. The Morgan fingerprint density at radius 2 is 2.06 bits per heavy atom. The number of ether oxygens (including phenoxy) is 1. The molecule has 0 saturated heterocycles. The van der Waals surface area contributed by atoms with E-state index in [1.807, 2.05) is 0 Å². The van der Waals surface area contributed by atoms with Gasteiger partial charge in [0.1, 0.15) is 0 Å². The molecule has 5 heteroatoms. The Morgan fingerprint density at radius 1 is 1.38 bits per heavy atom. The third-order valence-electron chi connectivity index (χ3n) is 3.78. The summed E-state index contributed by atoms with van der Waals surface area (Å²) in [4.78, 5) is 22.7. The van der Waals surface area contributed by atoms with Gasteiger partial charge in [-0.05, 0) is 38.0 Å². The predicted molar refractivity (Wildman–Crippen MR) is 57.5 cm³/mol. The molecule has 90 valence electrons. The first-order valence-corrected chi connectivity index (χ1v) is 5.86. The number of carbonyl (C=O) groups excluding carboxylic acids is 2. The first-order valence-electron chi connectivity index (χ1n) is 5.86. The van der Waals surface area contributed by atoms with Gasteiger partial charge in [-0.2, -0.15) is 0 Å². The van der Waals surface area contributed by atoms with Crippen molar-refractivity contribution in [3.05, 3.63) is 0 Å². The fourth-order valence-electron chi connectivity index (χ4n) is 3.24. The van der Waals surface area contributed by atoms with Crippen molar-refractivity contribution in [2.75, 3.05) is 6.61 Å². The van der Waals surface area contributed by atoms with E-state index in [-0.39, 0.29) is 17.9 Å². The van der Waals surface area contributed by atoms with Gasteiger partial charge < -0.3 is 15.8 Å². The summed E-state index contributed by atoms with van der Waals surface area (Å²) >= 11 is 0. The highest BCUT2D eigenvalue weighted by Crippen LogP contribution is 2.48. The lowest BCUT2D eigenvalue weighted by Gasteiger charge is -2.29. The first-order chi connectivity index (χ1) is 7.63. The maximum Gasteiger partial charge on any atom is 0.312 e. The Labute approximate surface area is 94.7 Å². The van der Waals surface area contributed by atoms with Crippen molar-refractivity contribution in [3.8, 4) is 0 Å². The topological polar surface area (TPSA) is 81.4 Å². The summed E-state index contributed by atoms with van der Waals surface area (Å²) in [6.07, 6.45) is 3.14. The molecule has 2 rings (SSSR count). The van der Waals surface area contributed by atoms with Crippen LogP contribution in [0.1, 0.15) is 26.2 Å². The number of esters is 1. The quantitative estimate of drug-likeness (QED) is 0.692. The molecule has 2 saturated carbocycles. The van der Waals surface area contributed by atoms with Crippen LogP contribution in [0.4, 0.5) is 4.79 Å². The van der Waals surface area contributed by atoms with Gasteiger partial charge >= 0.3 is 12.0 Å². The minimum absolute atomic E-state index is 0.115. The largest absolute Gasteiger partial charge is 0.466 e. The smallest absolute Gasteiger partial charge is 0.312 e. The van der Waals surface area contributed by atoms with E-state index < -0.39 is 6.03 Å². The zero-order chi connectivity index (χ0) is 11.7. The fourth-order valence-corrected chi connectivity index (χ4v) is 3.24. The highest BCUT2D eigenvalue weighted by molar-refractivity contribution is 5.77. The molecule has 0 aromatic carbocycles. The molecule has 2 fully saturated rings. The van der Waals surface area contributed by atoms with Gasteiger partial charge in [0.2, 0.25) is 0 Å². The molecule has 16 heavy (non-hydrogen) atoms. The van der Waals surface area contributed by atoms with Gasteiger partial charge in [0.25, 0.3) is 0 Å². The lowest BCUT2D eigenvalue weighted by molar-refractivity contribution is -0.150. The van der Waals surface area contributed by atoms with Crippen molar-refractivity contribution >= 4 is 12.0 Å². The Kier molecular flexibility index (Phi) is 3.03. The van der Waals surface area contributed by atoms with Crippen LogP contribution in [0.3, 0.4) is 0 Å². The van der Waals surface area contributed by atoms with E-state index in [0.717, 1.165) is 19.3 Å². The summed E-state index contributed by atoms with van der Waals surface area (Å²) in [5, 5.41) is 2.70. The number of hydrogen-bond donors (Lipinski definition) is 2. The van der Waals surface area contributed by atoms with Gasteiger partial charge in [0.15, 0.2) is 0 Å². The average Bonchev–Trinajstić information content (AvgIpc) is 2.77. The molecule has 2 aliphatic rings. The van der Waals surface area contributed by atoms with Gasteiger partial charge in [-0.3, -0.25) is 4.79 Å². The van der Waals surface area contributed by atoms with Crippen LogP contribution in [0.25, 0.3) is 0 Å². The van der Waals surface area contributed by atoms with Crippen LogP contribution in [0, 0.1) is 17.8 Å². The maximum absolute atomic E-state index is 11.8. The van der Waals surface area contributed by atoms with Crippen LogP contribution < -0.4 is 11.1 Å². The average molecular weight is 226 g/mol. The Hall–Kier alpha value is -1.26. The van der Waals surface area contributed by atoms with Gasteiger partial charge in [-0.1, -0.05) is 0 Å². The van der Waals surface area contributed by atoms with Gasteiger partial charge in [-0.25, -0.2) is 4.79 Å². The van der Waals surface area contributed by atoms with E-state index in [1.165, 1.54) is 0 Å².